The summed E-state index contributed by atoms with van der Waals surface area (Å²) < 4.78 is 33.2. The second kappa shape index (κ2) is 7.28. The van der Waals surface area contributed by atoms with Crippen LogP contribution < -0.4 is 4.31 Å². The molecule has 8 nitrogen and oxygen atoms in total. The van der Waals surface area contributed by atoms with Gasteiger partial charge >= 0.3 is 0 Å². The molecule has 0 amide bonds. The van der Waals surface area contributed by atoms with Crippen LogP contribution in [0.2, 0.25) is 0 Å². The summed E-state index contributed by atoms with van der Waals surface area (Å²) in [5.74, 6) is 0.413. The van der Waals surface area contributed by atoms with Crippen LogP contribution in [0.25, 0.3) is 17.1 Å². The summed E-state index contributed by atoms with van der Waals surface area (Å²) in [7, 11) is -3.56. The molecule has 0 aliphatic rings. The molecule has 3 aromatic heterocycles. The highest BCUT2D eigenvalue weighted by Gasteiger charge is 2.21. The molecule has 0 aliphatic carbocycles. The van der Waals surface area contributed by atoms with E-state index < -0.39 is 10.0 Å². The molecule has 3 heterocycles. The first-order valence-corrected chi connectivity index (χ1v) is 10.3. The van der Waals surface area contributed by atoms with Gasteiger partial charge in [0.25, 0.3) is 0 Å². The third-order valence-corrected chi connectivity index (χ3v) is 5.21. The van der Waals surface area contributed by atoms with E-state index in [9.17, 15) is 8.42 Å². The zero-order chi connectivity index (χ0) is 19.6. The Labute approximate surface area is 162 Å². The monoisotopic (exact) mass is 395 g/mol. The lowest BCUT2D eigenvalue weighted by atomic mass is 10.2. The van der Waals surface area contributed by atoms with Gasteiger partial charge in [-0.15, -0.1) is 0 Å². The van der Waals surface area contributed by atoms with Crippen LogP contribution in [0.1, 0.15) is 5.76 Å². The second-order valence-electron chi connectivity index (χ2n) is 6.13. The van der Waals surface area contributed by atoms with Crippen molar-refractivity contribution in [1.29, 1.82) is 0 Å². The molecule has 4 rings (SSSR count). The highest BCUT2D eigenvalue weighted by Crippen LogP contribution is 2.25. The lowest BCUT2D eigenvalue weighted by molar-refractivity contribution is 0.386. The van der Waals surface area contributed by atoms with Crippen LogP contribution in [0.3, 0.4) is 0 Å². The minimum absolute atomic E-state index is 0.0151. The van der Waals surface area contributed by atoms with Crippen LogP contribution in [0.4, 0.5) is 5.69 Å². The van der Waals surface area contributed by atoms with Crippen molar-refractivity contribution in [3.63, 3.8) is 0 Å². The Balaban J connectivity index is 1.65. The van der Waals surface area contributed by atoms with Gasteiger partial charge in [-0.25, -0.2) is 13.1 Å². The fraction of sp³-hybridized carbons (Fsp3) is 0.105. The maximum absolute atomic E-state index is 12.4. The zero-order valence-corrected chi connectivity index (χ0v) is 15.8. The average molecular weight is 395 g/mol. The molecule has 0 saturated heterocycles. The van der Waals surface area contributed by atoms with Gasteiger partial charge in [0.2, 0.25) is 10.0 Å². The third-order valence-electron chi connectivity index (χ3n) is 4.07. The van der Waals surface area contributed by atoms with Gasteiger partial charge in [0, 0.05) is 24.7 Å². The van der Waals surface area contributed by atoms with Gasteiger partial charge in [-0.1, -0.05) is 17.3 Å². The van der Waals surface area contributed by atoms with E-state index >= 15 is 0 Å². The van der Waals surface area contributed by atoms with Crippen LogP contribution in [0, 0.1) is 0 Å². The van der Waals surface area contributed by atoms with Crippen molar-refractivity contribution >= 4 is 15.7 Å². The molecule has 0 bridgehead atoms. The first kappa shape index (κ1) is 17.9. The average Bonchev–Trinajstić information content (AvgIpc) is 3.38. The Hall–Kier alpha value is -3.46. The van der Waals surface area contributed by atoms with Crippen molar-refractivity contribution in [2.75, 3.05) is 10.6 Å². The fourth-order valence-electron chi connectivity index (χ4n) is 2.78. The molecule has 0 saturated carbocycles. The molecule has 0 radical (unpaired) electrons. The Morgan fingerprint density at radius 1 is 1.04 bits per heavy atom. The van der Waals surface area contributed by atoms with Gasteiger partial charge in [0.05, 0.1) is 29.9 Å². The molecule has 0 unspecified atom stereocenters. The Morgan fingerprint density at radius 3 is 2.64 bits per heavy atom. The smallest absolute Gasteiger partial charge is 0.232 e. The van der Waals surface area contributed by atoms with E-state index in [4.69, 9.17) is 4.52 Å². The molecule has 0 spiro atoms. The summed E-state index contributed by atoms with van der Waals surface area (Å²) >= 11 is 0. The molecule has 0 atom stereocenters. The molecule has 0 N–H and O–H groups in total. The summed E-state index contributed by atoms with van der Waals surface area (Å²) in [4.78, 5) is 4.22. The first-order valence-electron chi connectivity index (χ1n) is 8.45. The van der Waals surface area contributed by atoms with Crippen LogP contribution in [0.5, 0.6) is 0 Å². The van der Waals surface area contributed by atoms with Crippen LogP contribution in [-0.4, -0.2) is 34.6 Å². The summed E-state index contributed by atoms with van der Waals surface area (Å²) in [5.41, 5.74) is 2.47. The van der Waals surface area contributed by atoms with Crippen LogP contribution in [0.15, 0.2) is 77.7 Å². The summed E-state index contributed by atoms with van der Waals surface area (Å²) in [6.07, 6.45) is 6.27. The van der Waals surface area contributed by atoms with E-state index in [1.54, 1.807) is 53.6 Å². The number of rotatable bonds is 6. The minimum atomic E-state index is -3.56. The van der Waals surface area contributed by atoms with Crippen molar-refractivity contribution in [3.05, 3.63) is 78.9 Å². The predicted octanol–water partition coefficient (Wildman–Crippen LogP) is 2.89. The lowest BCUT2D eigenvalue weighted by Crippen LogP contribution is -2.29. The molecule has 142 valence electrons. The molecule has 0 aliphatic heterocycles. The number of sulfonamides is 1. The number of hydrogen-bond donors (Lipinski definition) is 0. The Bertz CT molecular complexity index is 1170. The summed E-state index contributed by atoms with van der Waals surface area (Å²) in [6, 6.07) is 16.1. The van der Waals surface area contributed by atoms with Gasteiger partial charge in [-0.3, -0.25) is 9.29 Å². The number of nitrogens with zero attached hydrogens (tertiary/aromatic N) is 5. The zero-order valence-electron chi connectivity index (χ0n) is 15.0. The van der Waals surface area contributed by atoms with Crippen molar-refractivity contribution in [2.45, 2.75) is 6.54 Å². The summed E-state index contributed by atoms with van der Waals surface area (Å²) in [5, 5.41) is 8.18. The van der Waals surface area contributed by atoms with Gasteiger partial charge in [0.1, 0.15) is 5.69 Å². The Morgan fingerprint density at radius 2 is 1.93 bits per heavy atom. The highest BCUT2D eigenvalue weighted by atomic mass is 32.2. The van der Waals surface area contributed by atoms with Crippen molar-refractivity contribution in [1.82, 2.24) is 19.9 Å². The number of hydrogen-bond acceptors (Lipinski definition) is 6. The maximum atomic E-state index is 12.4. The predicted molar refractivity (Wildman–Crippen MR) is 104 cm³/mol. The maximum Gasteiger partial charge on any atom is 0.232 e. The SMILES string of the molecule is CS(=O)(=O)N(Cc1cc(-c2ccccn2)no1)c1cccc(-n2cccn2)c1. The van der Waals surface area contributed by atoms with E-state index in [1.807, 2.05) is 24.3 Å². The van der Waals surface area contributed by atoms with E-state index in [0.29, 0.717) is 22.8 Å². The van der Waals surface area contributed by atoms with E-state index in [1.165, 1.54) is 4.31 Å². The number of anilines is 1. The van der Waals surface area contributed by atoms with Crippen molar-refractivity contribution in [3.8, 4) is 17.1 Å². The molecular weight excluding hydrogens is 378 g/mol. The molecular formula is C19H17N5O3S. The van der Waals surface area contributed by atoms with Gasteiger partial charge in [-0.2, -0.15) is 5.10 Å². The van der Waals surface area contributed by atoms with E-state index in [-0.39, 0.29) is 6.54 Å². The lowest BCUT2D eigenvalue weighted by Gasteiger charge is -2.21. The standard InChI is InChI=1S/C19H17N5O3S/c1-28(25,26)24(16-7-4-6-15(12-16)23-11-5-10-21-23)14-17-13-19(22-27-17)18-8-2-3-9-20-18/h2-13H,14H2,1H3. The number of benzene rings is 1. The second-order valence-corrected chi connectivity index (χ2v) is 8.04. The topological polar surface area (TPSA) is 94.1 Å². The normalized spacial score (nSPS) is 11.5. The van der Waals surface area contributed by atoms with Gasteiger partial charge in [0.15, 0.2) is 5.76 Å². The Kier molecular flexibility index (Phi) is 4.66. The largest absolute Gasteiger partial charge is 0.359 e. The third kappa shape index (κ3) is 3.79. The molecule has 9 heteroatoms. The van der Waals surface area contributed by atoms with Crippen molar-refractivity contribution in [2.24, 2.45) is 0 Å². The summed E-state index contributed by atoms with van der Waals surface area (Å²) in [6.45, 7) is 0.0151. The highest BCUT2D eigenvalue weighted by molar-refractivity contribution is 7.92. The van der Waals surface area contributed by atoms with Crippen LogP contribution in [-0.2, 0) is 16.6 Å². The number of pyridine rings is 1. The fourth-order valence-corrected chi connectivity index (χ4v) is 3.63. The molecule has 1 aromatic carbocycles. The molecule has 0 fully saturated rings. The quantitative estimate of drug-likeness (QED) is 0.498. The first-order chi connectivity index (χ1) is 13.5. The van der Waals surface area contributed by atoms with E-state index in [2.05, 4.69) is 15.2 Å². The van der Waals surface area contributed by atoms with E-state index in [0.717, 1.165) is 11.9 Å². The van der Waals surface area contributed by atoms with Gasteiger partial charge in [-0.05, 0) is 36.4 Å². The van der Waals surface area contributed by atoms with Crippen molar-refractivity contribution < 1.29 is 12.9 Å². The molecule has 28 heavy (non-hydrogen) atoms. The molecule has 4 aromatic rings. The minimum Gasteiger partial charge on any atom is -0.359 e. The number of aromatic nitrogens is 4. The van der Waals surface area contributed by atoms with Crippen LogP contribution >= 0.6 is 0 Å². The van der Waals surface area contributed by atoms with Gasteiger partial charge < -0.3 is 4.52 Å².